The molecule has 1 N–H and O–H groups in total. The van der Waals surface area contributed by atoms with Gasteiger partial charge in [-0.25, -0.2) is 8.42 Å². The van der Waals surface area contributed by atoms with E-state index in [-0.39, 0.29) is 49.4 Å². The van der Waals surface area contributed by atoms with Crippen molar-refractivity contribution in [2.75, 3.05) is 25.6 Å². The van der Waals surface area contributed by atoms with Crippen molar-refractivity contribution in [3.63, 3.8) is 0 Å². The molecule has 0 aliphatic carbocycles. The minimum Gasteiger partial charge on any atom is -0.748 e. The maximum Gasteiger partial charge on any atom is 1.00 e. The number of rotatable bonds is 7. The molecule has 0 amide bonds. The monoisotopic (exact) mass is 236 g/mol. The molecule has 0 spiro atoms. The molecule has 1 atom stereocenters. The van der Waals surface area contributed by atoms with Crippen LogP contribution in [0.2, 0.25) is 0 Å². The summed E-state index contributed by atoms with van der Waals surface area (Å²) in [4.78, 5) is 0. The molecule has 0 fully saturated rings. The third-order valence-electron chi connectivity index (χ3n) is 1.06. The number of aliphatic hydroxyl groups excluding tert-OH is 1. The molecule has 0 rings (SSSR count). The van der Waals surface area contributed by atoms with Crippen LogP contribution in [0.15, 0.2) is 0 Å². The minimum absolute atomic E-state index is 0. The van der Waals surface area contributed by atoms with Gasteiger partial charge in [0, 0.05) is 0 Å². The molecule has 0 radical (unpaired) electrons. The first-order chi connectivity index (χ1) is 5.92. The molecular weight excluding hydrogens is 223 g/mol. The molecular formula is C6H13NaO6S. The van der Waals surface area contributed by atoms with Gasteiger partial charge in [-0.2, -0.15) is 0 Å². The van der Waals surface area contributed by atoms with Crippen LogP contribution in [-0.2, 0) is 19.6 Å². The van der Waals surface area contributed by atoms with Crippen LogP contribution in [0, 0.1) is 0 Å². The molecule has 6 nitrogen and oxygen atoms in total. The van der Waals surface area contributed by atoms with Crippen molar-refractivity contribution < 1.29 is 57.1 Å². The van der Waals surface area contributed by atoms with E-state index in [0.717, 1.165) is 0 Å². The van der Waals surface area contributed by atoms with Crippen LogP contribution in [0.25, 0.3) is 0 Å². The van der Waals surface area contributed by atoms with Crippen molar-refractivity contribution in [1.82, 2.24) is 0 Å². The molecule has 0 aromatic rings. The Bertz CT molecular complexity index is 214. The quantitative estimate of drug-likeness (QED) is 0.209. The summed E-state index contributed by atoms with van der Waals surface area (Å²) in [5, 5.41) is 8.61. The Hall–Kier alpha value is 0.790. The van der Waals surface area contributed by atoms with Crippen LogP contribution < -0.4 is 29.6 Å². The fourth-order valence-electron chi connectivity index (χ4n) is 0.541. The number of ether oxygens (including phenoxy) is 2. The number of aliphatic hydroxyl groups is 1. The van der Waals surface area contributed by atoms with Gasteiger partial charge in [0.1, 0.15) is 0 Å². The van der Waals surface area contributed by atoms with E-state index in [2.05, 4.69) is 4.74 Å². The van der Waals surface area contributed by atoms with Crippen molar-refractivity contribution in [3.05, 3.63) is 0 Å². The van der Waals surface area contributed by atoms with Crippen molar-refractivity contribution in [2.45, 2.75) is 13.2 Å². The van der Waals surface area contributed by atoms with Crippen LogP contribution >= 0.6 is 0 Å². The third kappa shape index (κ3) is 15.3. The molecule has 0 bridgehead atoms. The Balaban J connectivity index is 0. The first kappa shape index (κ1) is 17.2. The SMILES string of the molecule is CC(O)OCCOCCS(=O)(=O)[O-].[Na+]. The van der Waals surface area contributed by atoms with Gasteiger partial charge in [-0.05, 0) is 6.92 Å². The van der Waals surface area contributed by atoms with Crippen molar-refractivity contribution in [2.24, 2.45) is 0 Å². The molecule has 0 saturated heterocycles. The maximum absolute atomic E-state index is 10.1. The zero-order valence-electron chi connectivity index (χ0n) is 8.30. The summed E-state index contributed by atoms with van der Waals surface area (Å²) >= 11 is 0. The molecule has 14 heavy (non-hydrogen) atoms. The van der Waals surface area contributed by atoms with Crippen LogP contribution in [-0.4, -0.2) is 49.9 Å². The van der Waals surface area contributed by atoms with Crippen LogP contribution in [0.3, 0.4) is 0 Å². The molecule has 80 valence electrons. The van der Waals surface area contributed by atoms with E-state index < -0.39 is 22.2 Å². The van der Waals surface area contributed by atoms with Gasteiger partial charge in [-0.3, -0.25) is 0 Å². The van der Waals surface area contributed by atoms with Gasteiger partial charge in [-0.1, -0.05) is 0 Å². The molecule has 0 aliphatic heterocycles. The molecule has 1 unspecified atom stereocenters. The molecule has 0 heterocycles. The zero-order chi connectivity index (χ0) is 10.3. The summed E-state index contributed by atoms with van der Waals surface area (Å²) < 4.78 is 39.6. The standard InChI is InChI=1S/C6H14O6S.Na/c1-6(7)12-3-2-11-4-5-13(8,9)10;/h6-7H,2-5H2,1H3,(H,8,9,10);/q;+1/p-1. The Kier molecular flexibility index (Phi) is 11.1. The second-order valence-corrected chi connectivity index (χ2v) is 3.87. The Labute approximate surface area is 106 Å². The first-order valence-corrected chi connectivity index (χ1v) is 5.30. The van der Waals surface area contributed by atoms with Gasteiger partial charge >= 0.3 is 29.6 Å². The normalized spacial score (nSPS) is 13.4. The van der Waals surface area contributed by atoms with E-state index in [0.29, 0.717) is 0 Å². The van der Waals surface area contributed by atoms with Gasteiger partial charge in [0.05, 0.1) is 35.7 Å². The van der Waals surface area contributed by atoms with Crippen LogP contribution in [0.1, 0.15) is 6.92 Å². The summed E-state index contributed by atoms with van der Waals surface area (Å²) in [6.45, 7) is 1.62. The Morgan fingerprint density at radius 2 is 1.93 bits per heavy atom. The smallest absolute Gasteiger partial charge is 0.748 e. The van der Waals surface area contributed by atoms with E-state index >= 15 is 0 Å². The average Bonchev–Trinajstić information content (AvgIpc) is 1.93. The average molecular weight is 236 g/mol. The van der Waals surface area contributed by atoms with Gasteiger partial charge in [0.25, 0.3) is 0 Å². The fraction of sp³-hybridized carbons (Fsp3) is 1.00. The zero-order valence-corrected chi connectivity index (χ0v) is 11.1. The summed E-state index contributed by atoms with van der Waals surface area (Å²) in [5.41, 5.74) is 0. The maximum atomic E-state index is 10.1. The summed E-state index contributed by atoms with van der Waals surface area (Å²) in [6, 6.07) is 0. The molecule has 0 aromatic carbocycles. The molecule has 0 aromatic heterocycles. The summed E-state index contributed by atoms with van der Waals surface area (Å²) in [5.74, 6) is -0.540. The minimum atomic E-state index is -4.19. The molecule has 0 aliphatic rings. The van der Waals surface area contributed by atoms with Crippen LogP contribution in [0.5, 0.6) is 0 Å². The van der Waals surface area contributed by atoms with Gasteiger partial charge in [0.2, 0.25) is 0 Å². The van der Waals surface area contributed by atoms with E-state index in [1.165, 1.54) is 6.92 Å². The van der Waals surface area contributed by atoms with Crippen molar-refractivity contribution >= 4 is 10.1 Å². The summed E-state index contributed by atoms with van der Waals surface area (Å²) in [7, 11) is -4.19. The van der Waals surface area contributed by atoms with Gasteiger partial charge < -0.3 is 19.1 Å². The van der Waals surface area contributed by atoms with E-state index in [9.17, 15) is 13.0 Å². The fourth-order valence-corrected chi connectivity index (χ4v) is 0.863. The largest absolute Gasteiger partial charge is 1.00 e. The van der Waals surface area contributed by atoms with E-state index in [4.69, 9.17) is 9.84 Å². The topological polar surface area (TPSA) is 95.9 Å². The Morgan fingerprint density at radius 3 is 2.36 bits per heavy atom. The van der Waals surface area contributed by atoms with Gasteiger partial charge in [-0.15, -0.1) is 0 Å². The number of hydrogen-bond acceptors (Lipinski definition) is 6. The molecule has 8 heteroatoms. The van der Waals surface area contributed by atoms with Crippen LogP contribution in [0.4, 0.5) is 0 Å². The third-order valence-corrected chi connectivity index (χ3v) is 1.73. The van der Waals surface area contributed by atoms with Crippen molar-refractivity contribution in [1.29, 1.82) is 0 Å². The van der Waals surface area contributed by atoms with Crippen molar-refractivity contribution in [3.8, 4) is 0 Å². The predicted octanol–water partition coefficient (Wildman–Crippen LogP) is -4.09. The second-order valence-electron chi connectivity index (χ2n) is 2.34. The van der Waals surface area contributed by atoms with Gasteiger partial charge in [0.15, 0.2) is 6.29 Å². The second kappa shape index (κ2) is 9.05. The predicted molar refractivity (Wildman–Crippen MR) is 43.0 cm³/mol. The van der Waals surface area contributed by atoms with E-state index in [1.807, 2.05) is 0 Å². The first-order valence-electron chi connectivity index (χ1n) is 3.73. The molecule has 0 saturated carbocycles. The summed E-state index contributed by atoms with van der Waals surface area (Å²) in [6.07, 6.45) is -0.869. The Morgan fingerprint density at radius 1 is 1.36 bits per heavy atom. The van der Waals surface area contributed by atoms with E-state index in [1.54, 1.807) is 0 Å². The number of hydrogen-bond donors (Lipinski definition) is 1.